The Hall–Kier alpha value is -1.53. The van der Waals surface area contributed by atoms with Crippen molar-refractivity contribution in [1.29, 1.82) is 0 Å². The number of amides is 1. The molecule has 3 fully saturated rings. The Labute approximate surface area is 168 Å². The van der Waals surface area contributed by atoms with Crippen LogP contribution in [0.15, 0.2) is 6.20 Å². The smallest absolute Gasteiger partial charge is 0.257 e. The molecule has 1 aromatic rings. The van der Waals surface area contributed by atoms with Crippen molar-refractivity contribution in [2.45, 2.75) is 64.3 Å². The third kappa shape index (κ3) is 4.54. The fraction of sp³-hybridized carbons (Fsp3) is 0.773. The van der Waals surface area contributed by atoms with Crippen LogP contribution in [0.2, 0.25) is 0 Å². The second kappa shape index (κ2) is 9.31. The number of rotatable bonds is 4. The molecule has 3 heterocycles. The van der Waals surface area contributed by atoms with E-state index in [1.807, 2.05) is 11.8 Å². The van der Waals surface area contributed by atoms with Gasteiger partial charge >= 0.3 is 0 Å². The van der Waals surface area contributed by atoms with Crippen molar-refractivity contribution < 1.29 is 9.53 Å². The Morgan fingerprint density at radius 2 is 1.82 bits per heavy atom. The number of morpholine rings is 1. The van der Waals surface area contributed by atoms with E-state index in [1.54, 1.807) is 6.20 Å². The first-order valence-corrected chi connectivity index (χ1v) is 11.2. The number of piperidine rings is 1. The second-order valence-corrected chi connectivity index (χ2v) is 8.63. The van der Waals surface area contributed by atoms with Gasteiger partial charge in [-0.2, -0.15) is 0 Å². The quantitative estimate of drug-likeness (QED) is 0.794. The third-order valence-electron chi connectivity index (χ3n) is 6.61. The molecule has 0 radical (unpaired) electrons. The number of likely N-dealkylation sites (tertiary alicyclic amines) is 1. The maximum atomic E-state index is 13.2. The van der Waals surface area contributed by atoms with Gasteiger partial charge in [0.2, 0.25) is 0 Å². The van der Waals surface area contributed by atoms with Crippen LogP contribution in [0.5, 0.6) is 0 Å². The van der Waals surface area contributed by atoms with E-state index >= 15 is 0 Å². The zero-order valence-electron chi connectivity index (χ0n) is 17.2. The lowest BCUT2D eigenvalue weighted by Gasteiger charge is -2.39. The van der Waals surface area contributed by atoms with E-state index in [2.05, 4.69) is 9.88 Å². The molecule has 2 saturated heterocycles. The molecular formula is C22H34N4O2. The molecule has 1 amide bonds. The van der Waals surface area contributed by atoms with Gasteiger partial charge in [-0.15, -0.1) is 0 Å². The highest BCUT2D eigenvalue weighted by atomic mass is 16.5. The maximum Gasteiger partial charge on any atom is 0.257 e. The van der Waals surface area contributed by atoms with E-state index < -0.39 is 0 Å². The highest BCUT2D eigenvalue weighted by molar-refractivity contribution is 5.95. The number of aryl methyl sites for hydroxylation is 1. The molecule has 6 nitrogen and oxygen atoms in total. The molecule has 1 atom stereocenters. The first-order valence-electron chi connectivity index (χ1n) is 11.2. The lowest BCUT2D eigenvalue weighted by molar-refractivity contribution is 0.0298. The Bertz CT molecular complexity index is 669. The van der Waals surface area contributed by atoms with Crippen LogP contribution in [0, 0.1) is 12.8 Å². The standard InChI is InChI=1S/C22H34N4O2/c1-17-23-15-19(22(27)25-11-13-28-14-12-25)21(24-17)20-9-5-6-10-26(20)16-18-7-3-2-4-8-18/h15,18,20H,2-14,16H2,1H3. The van der Waals surface area contributed by atoms with Crippen molar-refractivity contribution in [3.05, 3.63) is 23.3 Å². The number of hydrogen-bond donors (Lipinski definition) is 0. The first kappa shape index (κ1) is 19.8. The highest BCUT2D eigenvalue weighted by Gasteiger charge is 2.32. The van der Waals surface area contributed by atoms with Crippen LogP contribution in [0.25, 0.3) is 0 Å². The van der Waals surface area contributed by atoms with E-state index in [0.29, 0.717) is 31.9 Å². The summed E-state index contributed by atoms with van der Waals surface area (Å²) in [6, 6.07) is 0.248. The average molecular weight is 387 g/mol. The maximum absolute atomic E-state index is 13.2. The average Bonchev–Trinajstić information content (AvgIpc) is 2.75. The van der Waals surface area contributed by atoms with E-state index in [1.165, 1.54) is 44.9 Å². The molecule has 1 aromatic heterocycles. The molecule has 6 heteroatoms. The first-order chi connectivity index (χ1) is 13.7. The number of hydrogen-bond acceptors (Lipinski definition) is 5. The van der Waals surface area contributed by atoms with Gasteiger partial charge in [0, 0.05) is 25.8 Å². The van der Waals surface area contributed by atoms with Crippen LogP contribution < -0.4 is 0 Å². The largest absolute Gasteiger partial charge is 0.378 e. The van der Waals surface area contributed by atoms with Gasteiger partial charge < -0.3 is 9.64 Å². The van der Waals surface area contributed by atoms with Crippen LogP contribution in [-0.2, 0) is 4.74 Å². The normalized spacial score (nSPS) is 25.0. The van der Waals surface area contributed by atoms with Gasteiger partial charge in [-0.3, -0.25) is 9.69 Å². The van der Waals surface area contributed by atoms with Gasteiger partial charge in [-0.05, 0) is 45.1 Å². The van der Waals surface area contributed by atoms with Crippen LogP contribution in [0.3, 0.4) is 0 Å². The monoisotopic (exact) mass is 386 g/mol. The molecule has 3 aliphatic rings. The Kier molecular flexibility index (Phi) is 6.58. The van der Waals surface area contributed by atoms with Crippen LogP contribution in [-0.4, -0.2) is 65.1 Å². The van der Waals surface area contributed by atoms with Gasteiger partial charge in [0.15, 0.2) is 0 Å². The van der Waals surface area contributed by atoms with E-state index in [4.69, 9.17) is 9.72 Å². The highest BCUT2D eigenvalue weighted by Crippen LogP contribution is 2.35. The Morgan fingerprint density at radius 3 is 2.61 bits per heavy atom. The number of carbonyl (C=O) groups is 1. The summed E-state index contributed by atoms with van der Waals surface area (Å²) < 4.78 is 5.42. The summed E-state index contributed by atoms with van der Waals surface area (Å²) in [6.45, 7) is 6.75. The lowest BCUT2D eigenvalue weighted by Crippen LogP contribution is -2.43. The molecule has 0 bridgehead atoms. The molecule has 1 saturated carbocycles. The molecule has 0 spiro atoms. The summed E-state index contributed by atoms with van der Waals surface area (Å²) in [7, 11) is 0. The third-order valence-corrected chi connectivity index (χ3v) is 6.61. The Balaban J connectivity index is 1.58. The van der Waals surface area contributed by atoms with Gasteiger partial charge in [0.25, 0.3) is 5.91 Å². The number of ether oxygens (including phenoxy) is 1. The van der Waals surface area contributed by atoms with Gasteiger partial charge in [-0.25, -0.2) is 9.97 Å². The molecule has 1 unspecified atom stereocenters. The van der Waals surface area contributed by atoms with E-state index in [-0.39, 0.29) is 11.9 Å². The molecule has 0 N–H and O–H groups in total. The van der Waals surface area contributed by atoms with Crippen molar-refractivity contribution in [2.75, 3.05) is 39.4 Å². The molecule has 154 valence electrons. The fourth-order valence-electron chi connectivity index (χ4n) is 5.06. The molecule has 0 aromatic carbocycles. The van der Waals surface area contributed by atoms with Gasteiger partial charge in [0.1, 0.15) is 5.82 Å². The van der Waals surface area contributed by atoms with Gasteiger partial charge in [-0.1, -0.05) is 25.7 Å². The predicted octanol–water partition coefficient (Wildman–Crippen LogP) is 3.36. The second-order valence-electron chi connectivity index (χ2n) is 8.63. The number of carbonyl (C=O) groups excluding carboxylic acids is 1. The summed E-state index contributed by atoms with van der Waals surface area (Å²) in [4.78, 5) is 27.0. The zero-order chi connectivity index (χ0) is 19.3. The number of aromatic nitrogens is 2. The topological polar surface area (TPSA) is 58.6 Å². The zero-order valence-corrected chi connectivity index (χ0v) is 17.2. The van der Waals surface area contributed by atoms with E-state index in [0.717, 1.165) is 36.9 Å². The van der Waals surface area contributed by atoms with Crippen molar-refractivity contribution >= 4 is 5.91 Å². The minimum atomic E-state index is 0.0708. The minimum Gasteiger partial charge on any atom is -0.378 e. The van der Waals surface area contributed by atoms with Crippen molar-refractivity contribution in [1.82, 2.24) is 19.8 Å². The summed E-state index contributed by atoms with van der Waals surface area (Å²) >= 11 is 0. The lowest BCUT2D eigenvalue weighted by atomic mass is 9.87. The number of nitrogens with zero attached hydrogens (tertiary/aromatic N) is 4. The van der Waals surface area contributed by atoms with Crippen molar-refractivity contribution in [2.24, 2.45) is 5.92 Å². The fourth-order valence-corrected chi connectivity index (χ4v) is 5.06. The van der Waals surface area contributed by atoms with Crippen LogP contribution in [0.1, 0.15) is 79.3 Å². The summed E-state index contributed by atoms with van der Waals surface area (Å²) in [5, 5.41) is 0. The molecule has 2 aliphatic heterocycles. The van der Waals surface area contributed by atoms with Crippen LogP contribution in [0.4, 0.5) is 0 Å². The van der Waals surface area contributed by atoms with Crippen molar-refractivity contribution in [3.8, 4) is 0 Å². The Morgan fingerprint density at radius 1 is 1.07 bits per heavy atom. The van der Waals surface area contributed by atoms with Crippen molar-refractivity contribution in [3.63, 3.8) is 0 Å². The minimum absolute atomic E-state index is 0.0708. The summed E-state index contributed by atoms with van der Waals surface area (Å²) in [5.41, 5.74) is 1.66. The van der Waals surface area contributed by atoms with Gasteiger partial charge in [0.05, 0.1) is 30.5 Å². The van der Waals surface area contributed by atoms with Crippen LogP contribution >= 0.6 is 0 Å². The molecule has 28 heavy (non-hydrogen) atoms. The SMILES string of the molecule is Cc1ncc(C(=O)N2CCOCC2)c(C2CCCCN2CC2CCCCC2)n1. The molecule has 4 rings (SSSR count). The molecular weight excluding hydrogens is 352 g/mol. The van der Waals surface area contributed by atoms with E-state index in [9.17, 15) is 4.79 Å². The summed E-state index contributed by atoms with van der Waals surface area (Å²) in [5.74, 6) is 1.63. The molecule has 1 aliphatic carbocycles. The summed E-state index contributed by atoms with van der Waals surface area (Å²) in [6.07, 6.45) is 12.2. The predicted molar refractivity (Wildman–Crippen MR) is 108 cm³/mol.